The lowest BCUT2D eigenvalue weighted by Crippen LogP contribution is -2.21. The Hall–Kier alpha value is -1.03. The van der Waals surface area contributed by atoms with Crippen molar-refractivity contribution >= 4 is 5.95 Å². The number of anilines is 1. The summed E-state index contributed by atoms with van der Waals surface area (Å²) < 4.78 is 7.61. The van der Waals surface area contributed by atoms with Crippen molar-refractivity contribution in [1.82, 2.24) is 9.55 Å². The molecule has 0 bridgehead atoms. The van der Waals surface area contributed by atoms with Crippen LogP contribution >= 0.6 is 0 Å². The monoisotopic (exact) mass is 209 g/mol. The van der Waals surface area contributed by atoms with E-state index in [9.17, 15) is 0 Å². The van der Waals surface area contributed by atoms with Crippen molar-refractivity contribution in [1.29, 1.82) is 0 Å². The Kier molecular flexibility index (Phi) is 3.61. The van der Waals surface area contributed by atoms with Crippen molar-refractivity contribution in [2.24, 2.45) is 0 Å². The van der Waals surface area contributed by atoms with Gasteiger partial charge in [0.25, 0.3) is 0 Å². The van der Waals surface area contributed by atoms with E-state index in [0.29, 0.717) is 6.04 Å². The van der Waals surface area contributed by atoms with E-state index in [1.54, 1.807) is 0 Å². The lowest BCUT2D eigenvalue weighted by molar-refractivity contribution is 0.0701. The van der Waals surface area contributed by atoms with Crippen LogP contribution in [0.1, 0.15) is 32.2 Å². The average Bonchev–Trinajstić information content (AvgIpc) is 2.75. The molecule has 1 aliphatic heterocycles. The molecule has 0 radical (unpaired) electrons. The van der Waals surface area contributed by atoms with E-state index in [1.165, 1.54) is 0 Å². The molecule has 1 N–H and O–H groups in total. The Morgan fingerprint density at radius 2 is 2.33 bits per heavy atom. The van der Waals surface area contributed by atoms with Gasteiger partial charge in [-0.15, -0.1) is 0 Å². The van der Waals surface area contributed by atoms with Gasteiger partial charge in [0.1, 0.15) is 0 Å². The minimum absolute atomic E-state index is 0.556. The predicted octanol–water partition coefficient (Wildman–Crippen LogP) is 2.06. The summed E-state index contributed by atoms with van der Waals surface area (Å²) in [5.74, 6) is 1.00. The number of imidazole rings is 1. The number of nitrogens with zero attached hydrogens (tertiary/aromatic N) is 2. The van der Waals surface area contributed by atoms with E-state index in [4.69, 9.17) is 4.74 Å². The van der Waals surface area contributed by atoms with E-state index < -0.39 is 0 Å². The van der Waals surface area contributed by atoms with Gasteiger partial charge in [-0.1, -0.05) is 6.92 Å². The van der Waals surface area contributed by atoms with Crippen molar-refractivity contribution in [3.63, 3.8) is 0 Å². The Labute approximate surface area is 90.6 Å². The molecule has 0 saturated carbocycles. The maximum atomic E-state index is 5.36. The number of ether oxygens (including phenoxy) is 1. The third-order valence-electron chi connectivity index (χ3n) is 2.79. The normalized spacial score (nSPS) is 17.9. The molecule has 4 heteroatoms. The minimum atomic E-state index is 0.556. The fraction of sp³-hybridized carbons (Fsp3) is 0.727. The van der Waals surface area contributed by atoms with Crippen molar-refractivity contribution in [3.05, 3.63) is 12.4 Å². The van der Waals surface area contributed by atoms with Crippen LogP contribution in [0.5, 0.6) is 0 Å². The standard InChI is InChI=1S/C11H19N3O/c1-2-5-12-11-13-6-7-14(11)10-3-8-15-9-4-10/h6-7,10H,2-5,8-9H2,1H3,(H,12,13). The summed E-state index contributed by atoms with van der Waals surface area (Å²) >= 11 is 0. The fourth-order valence-corrected chi connectivity index (χ4v) is 1.94. The number of rotatable bonds is 4. The predicted molar refractivity (Wildman–Crippen MR) is 60.1 cm³/mol. The molecular weight excluding hydrogens is 190 g/mol. The summed E-state index contributed by atoms with van der Waals surface area (Å²) in [6.45, 7) is 4.89. The first-order valence-corrected chi connectivity index (χ1v) is 5.76. The summed E-state index contributed by atoms with van der Waals surface area (Å²) in [5, 5.41) is 3.35. The van der Waals surface area contributed by atoms with E-state index >= 15 is 0 Å². The summed E-state index contributed by atoms with van der Waals surface area (Å²) in [6, 6.07) is 0.556. The number of hydrogen-bond acceptors (Lipinski definition) is 3. The average molecular weight is 209 g/mol. The van der Waals surface area contributed by atoms with E-state index in [2.05, 4.69) is 28.0 Å². The van der Waals surface area contributed by atoms with E-state index in [-0.39, 0.29) is 0 Å². The number of nitrogens with one attached hydrogen (secondary N) is 1. The SMILES string of the molecule is CCCNc1nccn1C1CCOCC1. The molecule has 1 fully saturated rings. The van der Waals surface area contributed by atoms with Crippen LogP contribution in [-0.4, -0.2) is 29.3 Å². The van der Waals surface area contributed by atoms with Crippen LogP contribution in [0, 0.1) is 0 Å². The number of aromatic nitrogens is 2. The van der Waals surface area contributed by atoms with Gasteiger partial charge >= 0.3 is 0 Å². The largest absolute Gasteiger partial charge is 0.381 e. The highest BCUT2D eigenvalue weighted by molar-refractivity contribution is 5.26. The quantitative estimate of drug-likeness (QED) is 0.825. The second kappa shape index (κ2) is 5.16. The van der Waals surface area contributed by atoms with Gasteiger partial charge in [-0.25, -0.2) is 4.98 Å². The maximum absolute atomic E-state index is 5.36. The van der Waals surface area contributed by atoms with Gasteiger partial charge in [0, 0.05) is 38.2 Å². The van der Waals surface area contributed by atoms with Gasteiger partial charge in [0.2, 0.25) is 5.95 Å². The van der Waals surface area contributed by atoms with Gasteiger partial charge in [-0.3, -0.25) is 0 Å². The molecule has 0 amide bonds. The van der Waals surface area contributed by atoms with Crippen molar-refractivity contribution in [2.45, 2.75) is 32.2 Å². The van der Waals surface area contributed by atoms with Crippen LogP contribution in [0.4, 0.5) is 5.95 Å². The molecule has 84 valence electrons. The van der Waals surface area contributed by atoms with Crippen LogP contribution in [0.3, 0.4) is 0 Å². The molecule has 1 aliphatic rings. The molecule has 1 saturated heterocycles. The lowest BCUT2D eigenvalue weighted by Gasteiger charge is -2.24. The van der Waals surface area contributed by atoms with Gasteiger partial charge in [-0.05, 0) is 19.3 Å². The van der Waals surface area contributed by atoms with Gasteiger partial charge in [0.15, 0.2) is 0 Å². The first kappa shape index (κ1) is 10.5. The van der Waals surface area contributed by atoms with Gasteiger partial charge in [0.05, 0.1) is 0 Å². The molecule has 1 aromatic heterocycles. The summed E-state index contributed by atoms with van der Waals surface area (Å²) in [7, 11) is 0. The Bertz CT molecular complexity index is 292. The highest BCUT2D eigenvalue weighted by atomic mass is 16.5. The molecule has 15 heavy (non-hydrogen) atoms. The second-order valence-electron chi connectivity index (χ2n) is 3.93. The van der Waals surface area contributed by atoms with Gasteiger partial charge in [-0.2, -0.15) is 0 Å². The molecule has 0 spiro atoms. The minimum Gasteiger partial charge on any atom is -0.381 e. The molecule has 1 aromatic rings. The molecule has 2 rings (SSSR count). The smallest absolute Gasteiger partial charge is 0.203 e. The second-order valence-corrected chi connectivity index (χ2v) is 3.93. The van der Waals surface area contributed by atoms with Crippen molar-refractivity contribution in [3.8, 4) is 0 Å². The van der Waals surface area contributed by atoms with E-state index in [1.807, 2.05) is 6.20 Å². The molecule has 0 aliphatic carbocycles. The topological polar surface area (TPSA) is 39.1 Å². The zero-order valence-corrected chi connectivity index (χ0v) is 9.28. The first-order valence-electron chi connectivity index (χ1n) is 5.76. The molecule has 0 aromatic carbocycles. The van der Waals surface area contributed by atoms with Crippen molar-refractivity contribution < 1.29 is 4.74 Å². The van der Waals surface area contributed by atoms with E-state index in [0.717, 1.165) is 45.0 Å². The Morgan fingerprint density at radius 3 is 3.07 bits per heavy atom. The lowest BCUT2D eigenvalue weighted by atomic mass is 10.1. The summed E-state index contributed by atoms with van der Waals surface area (Å²) in [6.07, 6.45) is 7.25. The van der Waals surface area contributed by atoms with Crippen LogP contribution in [-0.2, 0) is 4.74 Å². The van der Waals surface area contributed by atoms with Crippen LogP contribution in [0.15, 0.2) is 12.4 Å². The fourth-order valence-electron chi connectivity index (χ4n) is 1.94. The molecule has 2 heterocycles. The zero-order valence-electron chi connectivity index (χ0n) is 9.28. The zero-order chi connectivity index (χ0) is 10.5. The summed E-state index contributed by atoms with van der Waals surface area (Å²) in [5.41, 5.74) is 0. The first-order chi connectivity index (χ1) is 7.42. The molecule has 0 atom stereocenters. The van der Waals surface area contributed by atoms with Crippen LogP contribution < -0.4 is 5.32 Å². The molecule has 4 nitrogen and oxygen atoms in total. The Balaban J connectivity index is 2.02. The highest BCUT2D eigenvalue weighted by Crippen LogP contribution is 2.23. The Morgan fingerprint density at radius 1 is 1.53 bits per heavy atom. The summed E-state index contributed by atoms with van der Waals surface area (Å²) in [4.78, 5) is 4.34. The number of hydrogen-bond donors (Lipinski definition) is 1. The van der Waals surface area contributed by atoms with Crippen molar-refractivity contribution in [2.75, 3.05) is 25.1 Å². The third-order valence-corrected chi connectivity index (χ3v) is 2.79. The molecular formula is C11H19N3O. The third kappa shape index (κ3) is 2.50. The highest BCUT2D eigenvalue weighted by Gasteiger charge is 2.17. The maximum Gasteiger partial charge on any atom is 0.203 e. The van der Waals surface area contributed by atoms with Crippen LogP contribution in [0.25, 0.3) is 0 Å². The van der Waals surface area contributed by atoms with Crippen LogP contribution in [0.2, 0.25) is 0 Å². The molecule has 0 unspecified atom stereocenters. The van der Waals surface area contributed by atoms with Gasteiger partial charge < -0.3 is 14.6 Å².